The van der Waals surface area contributed by atoms with Crippen molar-refractivity contribution < 1.29 is 13.2 Å². The predicted octanol–water partition coefficient (Wildman–Crippen LogP) is 1.67. The predicted molar refractivity (Wildman–Crippen MR) is 84.9 cm³/mol. The SMILES string of the molecule is CCOCC(C)NS(=O)(=O)c1cc(CNC)ccc1CC. The van der Waals surface area contributed by atoms with Gasteiger partial charge in [0.2, 0.25) is 10.0 Å². The summed E-state index contributed by atoms with van der Waals surface area (Å²) in [5.74, 6) is 0. The summed E-state index contributed by atoms with van der Waals surface area (Å²) in [4.78, 5) is 0.362. The van der Waals surface area contributed by atoms with Crippen molar-refractivity contribution >= 4 is 10.0 Å². The van der Waals surface area contributed by atoms with Crippen LogP contribution in [0.15, 0.2) is 23.1 Å². The van der Waals surface area contributed by atoms with Crippen LogP contribution in [-0.2, 0) is 27.7 Å². The maximum atomic E-state index is 12.6. The van der Waals surface area contributed by atoms with Gasteiger partial charge in [-0.05, 0) is 44.5 Å². The van der Waals surface area contributed by atoms with Gasteiger partial charge in [0.1, 0.15) is 0 Å². The molecule has 0 bridgehead atoms. The van der Waals surface area contributed by atoms with E-state index in [0.717, 1.165) is 11.1 Å². The van der Waals surface area contributed by atoms with E-state index in [-0.39, 0.29) is 6.04 Å². The minimum Gasteiger partial charge on any atom is -0.380 e. The maximum Gasteiger partial charge on any atom is 0.241 e. The lowest BCUT2D eigenvalue weighted by Gasteiger charge is -2.16. The third-order valence-corrected chi connectivity index (χ3v) is 4.78. The largest absolute Gasteiger partial charge is 0.380 e. The second-order valence-corrected chi connectivity index (χ2v) is 6.69. The highest BCUT2D eigenvalue weighted by molar-refractivity contribution is 7.89. The fourth-order valence-corrected chi connectivity index (χ4v) is 3.70. The first-order chi connectivity index (χ1) is 9.94. The summed E-state index contributed by atoms with van der Waals surface area (Å²) in [5, 5.41) is 3.03. The third kappa shape index (κ3) is 5.39. The molecule has 6 heteroatoms. The molecule has 1 aromatic rings. The monoisotopic (exact) mass is 314 g/mol. The number of rotatable bonds is 9. The van der Waals surface area contributed by atoms with Gasteiger partial charge in [0.15, 0.2) is 0 Å². The summed E-state index contributed by atoms with van der Waals surface area (Å²) in [6, 6.07) is 5.32. The van der Waals surface area contributed by atoms with Crippen LogP contribution in [0.2, 0.25) is 0 Å². The molecule has 2 N–H and O–H groups in total. The molecule has 120 valence electrons. The molecule has 5 nitrogen and oxygen atoms in total. The number of sulfonamides is 1. The Balaban J connectivity index is 3.02. The number of ether oxygens (including phenoxy) is 1. The Morgan fingerprint density at radius 3 is 2.57 bits per heavy atom. The van der Waals surface area contributed by atoms with E-state index in [0.29, 0.717) is 31.1 Å². The van der Waals surface area contributed by atoms with Crippen molar-refractivity contribution in [3.63, 3.8) is 0 Å². The molecule has 1 aromatic carbocycles. The van der Waals surface area contributed by atoms with Crippen molar-refractivity contribution in [2.75, 3.05) is 20.3 Å². The first-order valence-electron chi connectivity index (χ1n) is 7.31. The van der Waals surface area contributed by atoms with Gasteiger partial charge in [0.05, 0.1) is 11.5 Å². The molecule has 0 spiro atoms. The zero-order valence-electron chi connectivity index (χ0n) is 13.3. The van der Waals surface area contributed by atoms with Gasteiger partial charge in [-0.15, -0.1) is 0 Å². The molecular formula is C15H26N2O3S. The Morgan fingerprint density at radius 2 is 2.00 bits per heavy atom. The van der Waals surface area contributed by atoms with Crippen molar-refractivity contribution in [2.24, 2.45) is 0 Å². The Hall–Kier alpha value is -0.950. The second kappa shape index (κ2) is 8.48. The van der Waals surface area contributed by atoms with E-state index < -0.39 is 10.0 Å². The lowest BCUT2D eigenvalue weighted by Crippen LogP contribution is -2.36. The maximum absolute atomic E-state index is 12.6. The van der Waals surface area contributed by atoms with Gasteiger partial charge in [-0.1, -0.05) is 19.1 Å². The van der Waals surface area contributed by atoms with Crippen molar-refractivity contribution in [1.29, 1.82) is 0 Å². The minimum atomic E-state index is -3.53. The zero-order valence-corrected chi connectivity index (χ0v) is 14.1. The van der Waals surface area contributed by atoms with Crippen molar-refractivity contribution in [3.8, 4) is 0 Å². The molecule has 0 aliphatic heterocycles. The van der Waals surface area contributed by atoms with Gasteiger partial charge in [0.25, 0.3) is 0 Å². The number of aryl methyl sites for hydroxylation is 1. The lowest BCUT2D eigenvalue weighted by molar-refractivity contribution is 0.133. The smallest absolute Gasteiger partial charge is 0.241 e. The Labute approximate surface area is 128 Å². The fraction of sp³-hybridized carbons (Fsp3) is 0.600. The highest BCUT2D eigenvalue weighted by atomic mass is 32.2. The summed E-state index contributed by atoms with van der Waals surface area (Å²) in [7, 11) is -1.69. The van der Waals surface area contributed by atoms with E-state index >= 15 is 0 Å². The van der Waals surface area contributed by atoms with Crippen LogP contribution in [0.4, 0.5) is 0 Å². The molecular weight excluding hydrogens is 288 g/mol. The molecule has 0 saturated carbocycles. The first kappa shape index (κ1) is 18.1. The molecule has 0 heterocycles. The van der Waals surface area contributed by atoms with Crippen LogP contribution in [0.1, 0.15) is 31.9 Å². The number of benzene rings is 1. The fourth-order valence-electron chi connectivity index (χ4n) is 2.11. The van der Waals surface area contributed by atoms with Gasteiger partial charge in [0, 0.05) is 19.2 Å². The average molecular weight is 314 g/mol. The summed E-state index contributed by atoms with van der Waals surface area (Å²) in [6.45, 7) is 7.22. The van der Waals surface area contributed by atoms with Crippen LogP contribution >= 0.6 is 0 Å². The Morgan fingerprint density at radius 1 is 1.29 bits per heavy atom. The molecule has 0 aliphatic carbocycles. The van der Waals surface area contributed by atoms with Gasteiger partial charge >= 0.3 is 0 Å². The van der Waals surface area contributed by atoms with Gasteiger partial charge in [-0.2, -0.15) is 0 Å². The number of hydrogen-bond donors (Lipinski definition) is 2. The van der Waals surface area contributed by atoms with E-state index in [1.165, 1.54) is 0 Å². The van der Waals surface area contributed by atoms with E-state index in [4.69, 9.17) is 4.74 Å². The molecule has 1 unspecified atom stereocenters. The Bertz CT molecular complexity index is 544. The van der Waals surface area contributed by atoms with Gasteiger partial charge < -0.3 is 10.1 Å². The lowest BCUT2D eigenvalue weighted by atomic mass is 10.1. The summed E-state index contributed by atoms with van der Waals surface area (Å²) >= 11 is 0. The van der Waals surface area contributed by atoms with Gasteiger partial charge in [-0.25, -0.2) is 13.1 Å². The van der Waals surface area contributed by atoms with Crippen LogP contribution in [0.25, 0.3) is 0 Å². The molecule has 0 aromatic heterocycles. The van der Waals surface area contributed by atoms with Crippen LogP contribution < -0.4 is 10.0 Å². The minimum absolute atomic E-state index is 0.257. The third-order valence-electron chi connectivity index (χ3n) is 3.11. The van der Waals surface area contributed by atoms with Crippen LogP contribution in [0, 0.1) is 0 Å². The van der Waals surface area contributed by atoms with Crippen LogP contribution in [-0.4, -0.2) is 34.7 Å². The van der Waals surface area contributed by atoms with Gasteiger partial charge in [-0.3, -0.25) is 0 Å². The number of hydrogen-bond acceptors (Lipinski definition) is 4. The molecule has 21 heavy (non-hydrogen) atoms. The van der Waals surface area contributed by atoms with E-state index in [2.05, 4.69) is 10.0 Å². The van der Waals surface area contributed by atoms with Crippen LogP contribution in [0.3, 0.4) is 0 Å². The standard InChI is InChI=1S/C15H26N2O3S/c1-5-14-8-7-13(10-16-4)9-15(14)21(18,19)17-12(3)11-20-6-2/h7-9,12,16-17H,5-6,10-11H2,1-4H3. The number of nitrogens with one attached hydrogen (secondary N) is 2. The topological polar surface area (TPSA) is 67.4 Å². The van der Waals surface area contributed by atoms with Crippen molar-refractivity contribution in [1.82, 2.24) is 10.0 Å². The van der Waals surface area contributed by atoms with Crippen molar-refractivity contribution in [2.45, 2.75) is 44.7 Å². The highest BCUT2D eigenvalue weighted by Gasteiger charge is 2.20. The summed E-state index contributed by atoms with van der Waals surface area (Å²) in [5.41, 5.74) is 1.78. The molecule has 0 radical (unpaired) electrons. The first-order valence-corrected chi connectivity index (χ1v) is 8.79. The van der Waals surface area contributed by atoms with Crippen molar-refractivity contribution in [3.05, 3.63) is 29.3 Å². The molecule has 0 fully saturated rings. The molecule has 0 amide bonds. The van der Waals surface area contributed by atoms with E-state index in [1.807, 2.05) is 33.0 Å². The van der Waals surface area contributed by atoms with Crippen LogP contribution in [0.5, 0.6) is 0 Å². The molecule has 0 aliphatic rings. The average Bonchev–Trinajstić information content (AvgIpc) is 2.45. The van der Waals surface area contributed by atoms with E-state index in [1.54, 1.807) is 13.0 Å². The molecule has 1 rings (SSSR count). The highest BCUT2D eigenvalue weighted by Crippen LogP contribution is 2.19. The zero-order chi connectivity index (χ0) is 15.9. The Kier molecular flexibility index (Phi) is 7.31. The molecule has 0 saturated heterocycles. The summed E-state index contributed by atoms with van der Waals surface area (Å²) in [6.07, 6.45) is 0.677. The normalized spacial score (nSPS) is 13.3. The summed E-state index contributed by atoms with van der Waals surface area (Å²) < 4.78 is 33.0. The second-order valence-electron chi connectivity index (χ2n) is 5.01. The molecule has 1 atom stereocenters. The van der Waals surface area contributed by atoms with E-state index in [9.17, 15) is 8.42 Å². The quantitative estimate of drug-likeness (QED) is 0.727.